The number of hydrogen-bond donors (Lipinski definition) is 1. The molecule has 1 aliphatic rings. The summed E-state index contributed by atoms with van der Waals surface area (Å²) in [5.74, 6) is 0.642. The van der Waals surface area contributed by atoms with Gasteiger partial charge in [-0.25, -0.2) is 0 Å². The van der Waals surface area contributed by atoms with Crippen LogP contribution in [-0.4, -0.2) is 28.0 Å². The van der Waals surface area contributed by atoms with Crippen molar-refractivity contribution in [3.63, 3.8) is 0 Å². The molecule has 21 heavy (non-hydrogen) atoms. The Balaban J connectivity index is 1.51. The van der Waals surface area contributed by atoms with Gasteiger partial charge in [0.25, 0.3) is 0 Å². The predicted octanol–water partition coefficient (Wildman–Crippen LogP) is 3.55. The van der Waals surface area contributed by atoms with E-state index in [9.17, 15) is 0 Å². The summed E-state index contributed by atoms with van der Waals surface area (Å²) in [5.41, 5.74) is 4.08. The summed E-state index contributed by atoms with van der Waals surface area (Å²) < 4.78 is 0. The first-order valence-electron chi connectivity index (χ1n) is 7.57. The van der Waals surface area contributed by atoms with Gasteiger partial charge in [-0.05, 0) is 48.2 Å². The number of pyridine rings is 1. The number of fused-ring (bicyclic) bond motifs is 1. The Morgan fingerprint density at radius 1 is 1.14 bits per heavy atom. The molecule has 3 heterocycles. The maximum Gasteiger partial charge on any atom is 0.0456 e. The minimum atomic E-state index is 0.642. The number of rotatable bonds is 3. The fourth-order valence-corrected chi connectivity index (χ4v) is 3.41. The number of aromatic amines is 1. The van der Waals surface area contributed by atoms with Crippen molar-refractivity contribution in [2.75, 3.05) is 13.1 Å². The summed E-state index contributed by atoms with van der Waals surface area (Å²) in [4.78, 5) is 10.0. The third-order valence-electron chi connectivity index (χ3n) is 4.49. The number of para-hydroxylation sites is 1. The molecule has 1 aliphatic heterocycles. The molecule has 4 rings (SSSR count). The highest BCUT2D eigenvalue weighted by atomic mass is 15.1. The maximum absolute atomic E-state index is 4.09. The number of hydrogen-bond acceptors (Lipinski definition) is 2. The number of aromatic nitrogens is 2. The normalized spacial score (nSPS) is 19.3. The van der Waals surface area contributed by atoms with Crippen LogP contribution in [0.15, 0.2) is 55.0 Å². The van der Waals surface area contributed by atoms with Crippen molar-refractivity contribution in [3.05, 3.63) is 66.1 Å². The van der Waals surface area contributed by atoms with Crippen LogP contribution in [0, 0.1) is 0 Å². The van der Waals surface area contributed by atoms with Crippen LogP contribution in [-0.2, 0) is 6.54 Å². The number of likely N-dealkylation sites (tertiary alicyclic amines) is 1. The Kier molecular flexibility index (Phi) is 3.20. The van der Waals surface area contributed by atoms with Crippen LogP contribution in [0.1, 0.15) is 23.5 Å². The monoisotopic (exact) mass is 277 g/mol. The van der Waals surface area contributed by atoms with Crippen molar-refractivity contribution < 1.29 is 0 Å². The second-order valence-corrected chi connectivity index (χ2v) is 5.87. The van der Waals surface area contributed by atoms with Crippen molar-refractivity contribution >= 4 is 10.9 Å². The standard InChI is InChI=1S/C18H19N3/c1-2-4-18-16(3-1)17(11-20-18)15-7-10-21(13-15)12-14-5-8-19-9-6-14/h1-6,8-9,11,15,20H,7,10,12-13H2/t15-/m0/s1. The lowest BCUT2D eigenvalue weighted by molar-refractivity contribution is 0.327. The lowest BCUT2D eigenvalue weighted by Crippen LogP contribution is -2.19. The summed E-state index contributed by atoms with van der Waals surface area (Å²) in [6, 6.07) is 12.8. The molecule has 3 nitrogen and oxygen atoms in total. The minimum Gasteiger partial charge on any atom is -0.361 e. The van der Waals surface area contributed by atoms with Crippen molar-refractivity contribution in [1.29, 1.82) is 0 Å². The Bertz CT molecular complexity index is 732. The van der Waals surface area contributed by atoms with Gasteiger partial charge in [-0.15, -0.1) is 0 Å². The number of H-pyrrole nitrogens is 1. The molecular formula is C18H19N3. The summed E-state index contributed by atoms with van der Waals surface area (Å²) in [5, 5.41) is 1.38. The molecular weight excluding hydrogens is 258 g/mol. The van der Waals surface area contributed by atoms with Gasteiger partial charge < -0.3 is 4.98 Å². The van der Waals surface area contributed by atoms with E-state index >= 15 is 0 Å². The summed E-state index contributed by atoms with van der Waals surface area (Å²) in [6.07, 6.45) is 7.20. The minimum absolute atomic E-state index is 0.642. The third-order valence-corrected chi connectivity index (χ3v) is 4.49. The fraction of sp³-hybridized carbons (Fsp3) is 0.278. The first kappa shape index (κ1) is 12.6. The molecule has 0 spiro atoms. The molecule has 3 aromatic rings. The van der Waals surface area contributed by atoms with E-state index in [1.54, 1.807) is 0 Å². The predicted molar refractivity (Wildman–Crippen MR) is 85.2 cm³/mol. The van der Waals surface area contributed by atoms with Crippen molar-refractivity contribution in [3.8, 4) is 0 Å². The highest BCUT2D eigenvalue weighted by Crippen LogP contribution is 2.32. The molecule has 1 aromatic carbocycles. The quantitative estimate of drug-likeness (QED) is 0.794. The Labute approximate surface area is 124 Å². The summed E-state index contributed by atoms with van der Waals surface area (Å²) >= 11 is 0. The highest BCUT2D eigenvalue weighted by molar-refractivity contribution is 5.83. The molecule has 106 valence electrons. The fourth-order valence-electron chi connectivity index (χ4n) is 3.41. The van der Waals surface area contributed by atoms with Crippen LogP contribution >= 0.6 is 0 Å². The Morgan fingerprint density at radius 3 is 2.90 bits per heavy atom. The maximum atomic E-state index is 4.09. The lowest BCUT2D eigenvalue weighted by atomic mass is 9.98. The van der Waals surface area contributed by atoms with Gasteiger partial charge >= 0.3 is 0 Å². The number of benzene rings is 1. The van der Waals surface area contributed by atoms with E-state index in [2.05, 4.69) is 57.5 Å². The largest absolute Gasteiger partial charge is 0.361 e. The Hall–Kier alpha value is -2.13. The van der Waals surface area contributed by atoms with E-state index in [1.807, 2.05) is 12.4 Å². The Morgan fingerprint density at radius 2 is 2.00 bits per heavy atom. The van der Waals surface area contributed by atoms with E-state index in [0.29, 0.717) is 5.92 Å². The van der Waals surface area contributed by atoms with Crippen LogP contribution in [0.4, 0.5) is 0 Å². The zero-order valence-corrected chi connectivity index (χ0v) is 12.0. The van der Waals surface area contributed by atoms with E-state index in [0.717, 1.165) is 13.1 Å². The highest BCUT2D eigenvalue weighted by Gasteiger charge is 2.25. The van der Waals surface area contributed by atoms with Crippen LogP contribution in [0.2, 0.25) is 0 Å². The number of nitrogens with zero attached hydrogens (tertiary/aromatic N) is 2. The van der Waals surface area contributed by atoms with Crippen LogP contribution in [0.25, 0.3) is 10.9 Å². The van der Waals surface area contributed by atoms with Crippen molar-refractivity contribution in [1.82, 2.24) is 14.9 Å². The third kappa shape index (κ3) is 2.45. The summed E-state index contributed by atoms with van der Waals surface area (Å²) in [6.45, 7) is 3.35. The van der Waals surface area contributed by atoms with Gasteiger partial charge in [-0.1, -0.05) is 18.2 Å². The molecule has 0 amide bonds. The van der Waals surface area contributed by atoms with Gasteiger partial charge in [0, 0.05) is 42.6 Å². The van der Waals surface area contributed by atoms with E-state index in [1.165, 1.54) is 35.0 Å². The van der Waals surface area contributed by atoms with Crippen molar-refractivity contribution in [2.45, 2.75) is 18.9 Å². The average molecular weight is 277 g/mol. The van der Waals surface area contributed by atoms with Crippen LogP contribution in [0.5, 0.6) is 0 Å². The molecule has 1 atom stereocenters. The molecule has 0 unspecified atom stereocenters. The van der Waals surface area contributed by atoms with Gasteiger partial charge in [0.15, 0.2) is 0 Å². The molecule has 0 saturated carbocycles. The first-order chi connectivity index (χ1) is 10.4. The second-order valence-electron chi connectivity index (χ2n) is 5.87. The van der Waals surface area contributed by atoms with E-state index < -0.39 is 0 Å². The van der Waals surface area contributed by atoms with Gasteiger partial charge in [0.2, 0.25) is 0 Å². The number of nitrogens with one attached hydrogen (secondary N) is 1. The molecule has 2 aromatic heterocycles. The van der Waals surface area contributed by atoms with Crippen LogP contribution in [0.3, 0.4) is 0 Å². The molecule has 0 aliphatic carbocycles. The van der Waals surface area contributed by atoms with Gasteiger partial charge in [0.05, 0.1) is 0 Å². The van der Waals surface area contributed by atoms with Crippen molar-refractivity contribution in [2.24, 2.45) is 0 Å². The molecule has 1 fully saturated rings. The second kappa shape index (κ2) is 5.34. The SMILES string of the molecule is c1ccc2c([C@H]3CCN(Cc4ccncc4)C3)c[nH]c2c1. The van der Waals surface area contributed by atoms with Gasteiger partial charge in [-0.2, -0.15) is 0 Å². The van der Waals surface area contributed by atoms with E-state index in [-0.39, 0.29) is 0 Å². The topological polar surface area (TPSA) is 31.9 Å². The molecule has 3 heteroatoms. The average Bonchev–Trinajstić information content (AvgIpc) is 3.14. The molecule has 0 radical (unpaired) electrons. The molecule has 1 saturated heterocycles. The molecule has 1 N–H and O–H groups in total. The van der Waals surface area contributed by atoms with Gasteiger partial charge in [-0.3, -0.25) is 9.88 Å². The summed E-state index contributed by atoms with van der Waals surface area (Å²) in [7, 11) is 0. The zero-order valence-electron chi connectivity index (χ0n) is 12.0. The first-order valence-corrected chi connectivity index (χ1v) is 7.57. The van der Waals surface area contributed by atoms with E-state index in [4.69, 9.17) is 0 Å². The molecule has 0 bridgehead atoms. The smallest absolute Gasteiger partial charge is 0.0456 e. The van der Waals surface area contributed by atoms with Crippen LogP contribution < -0.4 is 0 Å². The van der Waals surface area contributed by atoms with Gasteiger partial charge in [0.1, 0.15) is 0 Å². The zero-order chi connectivity index (χ0) is 14.1. The lowest BCUT2D eigenvalue weighted by Gasteiger charge is -2.15.